The molecule has 0 aliphatic rings. The third-order valence-corrected chi connectivity index (χ3v) is 4.41. The monoisotopic (exact) mass is 398 g/mol. The molecule has 0 saturated carbocycles. The van der Waals surface area contributed by atoms with Crippen molar-refractivity contribution < 1.29 is 15.0 Å². The number of rotatable bonds is 5. The number of hydrogen-bond acceptors (Lipinski definition) is 5. The second-order valence-electron chi connectivity index (χ2n) is 6.48. The Morgan fingerprint density at radius 1 is 0.967 bits per heavy atom. The number of para-hydroxylation sites is 1. The number of carbonyl (C=O) groups is 1. The zero-order valence-corrected chi connectivity index (χ0v) is 15.8. The van der Waals surface area contributed by atoms with Crippen LogP contribution in [0.3, 0.4) is 0 Å². The van der Waals surface area contributed by atoms with E-state index in [-0.39, 0.29) is 17.1 Å². The molecule has 3 aromatic carbocycles. The normalized spacial score (nSPS) is 10.9. The Labute approximate surface area is 172 Å². The maximum Gasteiger partial charge on any atom is 0.275 e. The Hall–Kier alpha value is -4.39. The highest BCUT2D eigenvalue weighted by Crippen LogP contribution is 2.23. The Balaban J connectivity index is 1.62. The predicted molar refractivity (Wildman–Crippen MR) is 114 cm³/mol. The Morgan fingerprint density at radius 2 is 1.67 bits per heavy atom. The fraction of sp³-hybridized carbons (Fsp3) is 0. The summed E-state index contributed by atoms with van der Waals surface area (Å²) >= 11 is 0. The van der Waals surface area contributed by atoms with E-state index in [4.69, 9.17) is 0 Å². The summed E-state index contributed by atoms with van der Waals surface area (Å²) in [6, 6.07) is 23.1. The highest BCUT2D eigenvalue weighted by molar-refractivity contribution is 5.98. The van der Waals surface area contributed by atoms with E-state index in [0.717, 1.165) is 17.3 Å². The van der Waals surface area contributed by atoms with E-state index in [2.05, 4.69) is 15.6 Å². The summed E-state index contributed by atoms with van der Waals surface area (Å²) in [5.74, 6) is -1.06. The quantitative estimate of drug-likeness (QED) is 0.352. The molecule has 3 N–H and O–H groups in total. The molecular weight excluding hydrogens is 380 g/mol. The van der Waals surface area contributed by atoms with Gasteiger partial charge < -0.3 is 10.2 Å². The molecule has 0 saturated heterocycles. The average Bonchev–Trinajstić information content (AvgIpc) is 3.19. The van der Waals surface area contributed by atoms with Gasteiger partial charge in [0.05, 0.1) is 17.5 Å². The molecule has 4 rings (SSSR count). The third-order valence-electron chi connectivity index (χ3n) is 4.41. The fourth-order valence-corrected chi connectivity index (χ4v) is 2.95. The number of phenols is 2. The lowest BCUT2D eigenvalue weighted by atomic mass is 10.1. The lowest BCUT2D eigenvalue weighted by Crippen LogP contribution is -2.17. The van der Waals surface area contributed by atoms with E-state index in [1.807, 2.05) is 66.9 Å². The number of aromatic nitrogens is 2. The Kier molecular flexibility index (Phi) is 5.25. The minimum Gasteiger partial charge on any atom is -0.508 e. The van der Waals surface area contributed by atoms with Crippen molar-refractivity contribution in [2.45, 2.75) is 0 Å². The molecule has 0 radical (unpaired) electrons. The van der Waals surface area contributed by atoms with E-state index in [1.165, 1.54) is 18.3 Å². The van der Waals surface area contributed by atoms with Gasteiger partial charge in [0.25, 0.3) is 5.91 Å². The van der Waals surface area contributed by atoms with Crippen LogP contribution in [0.5, 0.6) is 11.5 Å². The van der Waals surface area contributed by atoms with Gasteiger partial charge >= 0.3 is 0 Å². The molecule has 1 aromatic heterocycles. The van der Waals surface area contributed by atoms with Gasteiger partial charge in [-0.05, 0) is 24.3 Å². The summed E-state index contributed by atoms with van der Waals surface area (Å²) < 4.78 is 1.75. The van der Waals surface area contributed by atoms with Crippen molar-refractivity contribution in [2.24, 2.45) is 5.10 Å². The highest BCUT2D eigenvalue weighted by atomic mass is 16.3. The van der Waals surface area contributed by atoms with Gasteiger partial charge in [0, 0.05) is 23.4 Å². The number of carbonyl (C=O) groups excluding carboxylic acids is 1. The molecule has 7 nitrogen and oxygen atoms in total. The number of hydrogen-bond donors (Lipinski definition) is 3. The number of hydrazone groups is 1. The molecule has 7 heteroatoms. The van der Waals surface area contributed by atoms with Gasteiger partial charge in [0.15, 0.2) is 0 Å². The molecule has 0 fully saturated rings. The van der Waals surface area contributed by atoms with E-state index in [0.29, 0.717) is 11.3 Å². The van der Waals surface area contributed by atoms with Gasteiger partial charge in [-0.2, -0.15) is 10.2 Å². The van der Waals surface area contributed by atoms with Gasteiger partial charge in [0.2, 0.25) is 0 Å². The van der Waals surface area contributed by atoms with E-state index in [9.17, 15) is 15.0 Å². The van der Waals surface area contributed by atoms with Crippen molar-refractivity contribution in [3.8, 4) is 28.4 Å². The number of aromatic hydroxyl groups is 2. The summed E-state index contributed by atoms with van der Waals surface area (Å²) in [6.45, 7) is 0. The Morgan fingerprint density at radius 3 is 2.37 bits per heavy atom. The SMILES string of the molecule is O=C(N/N=C\c1cn(-c2ccccc2)nc1-c1ccccc1)c1ccc(O)cc1O. The van der Waals surface area contributed by atoms with E-state index in [1.54, 1.807) is 4.68 Å². The highest BCUT2D eigenvalue weighted by Gasteiger charge is 2.13. The molecule has 30 heavy (non-hydrogen) atoms. The molecule has 0 aliphatic carbocycles. The molecule has 0 unspecified atom stereocenters. The van der Waals surface area contributed by atoms with Crippen molar-refractivity contribution in [3.05, 3.63) is 96.2 Å². The number of benzene rings is 3. The third kappa shape index (κ3) is 4.05. The predicted octanol–water partition coefficient (Wildman–Crippen LogP) is 3.71. The lowest BCUT2D eigenvalue weighted by molar-refractivity contribution is 0.0952. The van der Waals surface area contributed by atoms with E-state index >= 15 is 0 Å². The summed E-state index contributed by atoms with van der Waals surface area (Å²) in [4.78, 5) is 12.3. The van der Waals surface area contributed by atoms with Crippen LogP contribution in [0.1, 0.15) is 15.9 Å². The minimum atomic E-state index is -0.597. The molecule has 0 bridgehead atoms. The van der Waals surface area contributed by atoms with Crippen molar-refractivity contribution in [2.75, 3.05) is 0 Å². The Bertz CT molecular complexity index is 1200. The van der Waals surface area contributed by atoms with Crippen molar-refractivity contribution in [1.29, 1.82) is 0 Å². The van der Waals surface area contributed by atoms with Crippen LogP contribution in [0.25, 0.3) is 16.9 Å². The van der Waals surface area contributed by atoms with Crippen LogP contribution in [-0.2, 0) is 0 Å². The summed E-state index contributed by atoms with van der Waals surface area (Å²) in [5.41, 5.74) is 5.63. The van der Waals surface area contributed by atoms with Crippen LogP contribution in [0.4, 0.5) is 0 Å². The van der Waals surface area contributed by atoms with Crippen LogP contribution in [-0.4, -0.2) is 32.1 Å². The van der Waals surface area contributed by atoms with Crippen molar-refractivity contribution >= 4 is 12.1 Å². The average molecular weight is 398 g/mol. The molecule has 0 spiro atoms. The maximum atomic E-state index is 12.3. The standard InChI is InChI=1S/C23H18N4O3/c28-19-11-12-20(21(29)13-19)23(30)25-24-14-17-15-27(18-9-5-2-6-10-18)26-22(17)16-7-3-1-4-8-16/h1-15,28-29H,(H,25,30)/b24-14-. The van der Waals surface area contributed by atoms with Gasteiger partial charge in [-0.15, -0.1) is 0 Å². The largest absolute Gasteiger partial charge is 0.508 e. The lowest BCUT2D eigenvalue weighted by Gasteiger charge is -2.03. The second-order valence-corrected chi connectivity index (χ2v) is 6.48. The summed E-state index contributed by atoms with van der Waals surface area (Å²) in [7, 11) is 0. The smallest absolute Gasteiger partial charge is 0.275 e. The number of phenolic OH excluding ortho intramolecular Hbond substituents is 2. The molecule has 4 aromatic rings. The first kappa shape index (κ1) is 18.9. The summed E-state index contributed by atoms with van der Waals surface area (Å²) in [5, 5.41) is 27.9. The molecule has 148 valence electrons. The molecule has 1 amide bonds. The van der Waals surface area contributed by atoms with Crippen molar-refractivity contribution in [3.63, 3.8) is 0 Å². The molecular formula is C23H18N4O3. The van der Waals surface area contributed by atoms with Crippen LogP contribution in [0.2, 0.25) is 0 Å². The number of amides is 1. The topological polar surface area (TPSA) is 99.7 Å². The van der Waals surface area contributed by atoms with Crippen LogP contribution >= 0.6 is 0 Å². The maximum absolute atomic E-state index is 12.3. The van der Waals surface area contributed by atoms with Gasteiger partial charge in [-0.1, -0.05) is 48.5 Å². The van der Waals surface area contributed by atoms with Crippen LogP contribution < -0.4 is 5.43 Å². The van der Waals surface area contributed by atoms with Crippen LogP contribution in [0, 0.1) is 0 Å². The van der Waals surface area contributed by atoms with Gasteiger partial charge in [-0.25, -0.2) is 10.1 Å². The first-order chi connectivity index (χ1) is 14.6. The number of nitrogens with one attached hydrogen (secondary N) is 1. The summed E-state index contributed by atoms with van der Waals surface area (Å²) in [6.07, 6.45) is 3.33. The first-order valence-electron chi connectivity index (χ1n) is 9.18. The minimum absolute atomic E-state index is 0.00761. The molecule has 0 aliphatic heterocycles. The first-order valence-corrected chi connectivity index (χ1v) is 9.18. The molecule has 0 atom stereocenters. The van der Waals surface area contributed by atoms with E-state index < -0.39 is 5.91 Å². The molecule has 1 heterocycles. The van der Waals surface area contributed by atoms with Gasteiger partial charge in [-0.3, -0.25) is 4.79 Å². The zero-order chi connectivity index (χ0) is 20.9. The zero-order valence-electron chi connectivity index (χ0n) is 15.8. The number of nitrogens with zero attached hydrogens (tertiary/aromatic N) is 3. The second kappa shape index (κ2) is 8.32. The van der Waals surface area contributed by atoms with Gasteiger partial charge in [0.1, 0.15) is 17.2 Å². The van der Waals surface area contributed by atoms with Crippen LogP contribution in [0.15, 0.2) is 90.2 Å². The fourth-order valence-electron chi connectivity index (χ4n) is 2.95. The van der Waals surface area contributed by atoms with Crippen molar-refractivity contribution in [1.82, 2.24) is 15.2 Å².